The van der Waals surface area contributed by atoms with Crippen LogP contribution in [0.25, 0.3) is 0 Å². The van der Waals surface area contributed by atoms with E-state index in [2.05, 4.69) is 20.4 Å². The van der Waals surface area contributed by atoms with Gasteiger partial charge in [0.05, 0.1) is 70.6 Å². The fraction of sp³-hybridized carbons (Fsp3) is 0.386. The van der Waals surface area contributed by atoms with E-state index in [-0.39, 0.29) is 65.8 Å². The molecular formula is C57H62F6N10O8. The Morgan fingerprint density at radius 1 is 0.617 bits per heavy atom. The largest absolute Gasteiger partial charge is 0.463 e. The Balaban J connectivity index is 0.934. The highest BCUT2D eigenvalue weighted by molar-refractivity contribution is 6.05. The third kappa shape index (κ3) is 14.3. The zero-order chi connectivity index (χ0) is 58.8. The van der Waals surface area contributed by atoms with E-state index >= 15 is 0 Å². The minimum Gasteiger partial charge on any atom is -0.463 e. The van der Waals surface area contributed by atoms with Crippen LogP contribution in [0.15, 0.2) is 120 Å². The second kappa shape index (κ2) is 26.2. The van der Waals surface area contributed by atoms with E-state index in [9.17, 15) is 60.4 Å². The topological polar surface area (TPSA) is 214 Å². The van der Waals surface area contributed by atoms with Crippen LogP contribution < -0.4 is 26.2 Å². The summed E-state index contributed by atoms with van der Waals surface area (Å²) < 4.78 is 94.1. The van der Waals surface area contributed by atoms with Gasteiger partial charge in [-0.1, -0.05) is 36.4 Å². The van der Waals surface area contributed by atoms with Crippen LogP contribution in [0, 0.1) is 11.3 Å². The van der Waals surface area contributed by atoms with Gasteiger partial charge in [-0.25, -0.2) is 19.2 Å². The number of carbonyl (C=O) groups is 6. The molecule has 1 fully saturated rings. The number of nitrogens with two attached hydrogens (primary N) is 1. The molecule has 3 aliphatic heterocycles. The van der Waals surface area contributed by atoms with Gasteiger partial charge in [0.2, 0.25) is 11.8 Å². The lowest BCUT2D eigenvalue weighted by molar-refractivity contribution is -0.140. The first-order valence-corrected chi connectivity index (χ1v) is 26.2. The van der Waals surface area contributed by atoms with Gasteiger partial charge in [-0.15, -0.1) is 0 Å². The summed E-state index contributed by atoms with van der Waals surface area (Å²) in [5, 5.41) is 15.1. The zero-order valence-corrected chi connectivity index (χ0v) is 45.0. The smallest absolute Gasteiger partial charge is 0.416 e. The quantitative estimate of drug-likeness (QED) is 0.0331. The Kier molecular flexibility index (Phi) is 19.5. The number of amides is 6. The Hall–Kier alpha value is -8.43. The minimum absolute atomic E-state index is 0.000422. The molecule has 0 bridgehead atoms. The molecule has 0 spiro atoms. The average molecular weight is 1130 g/mol. The Bertz CT molecular complexity index is 3080. The fourth-order valence-corrected chi connectivity index (χ4v) is 10.0. The number of halogens is 6. The van der Waals surface area contributed by atoms with E-state index in [1.165, 1.54) is 50.2 Å². The molecule has 0 saturated carbocycles. The SMILES string of the molecule is CCOC(=O)C1=C(C)N(c2cccc(C(F)(F)F)c2)C(=O)N(CC(=O)NCCCN2CCN(CCCNC(=O)CN3C(=O)N(c4cccc(C(F)(F)F)c4)C(C)=C(C(=O)OCC)C3c3ccc(C#N)cc3)CC2)C1c1ccc(N)cc1. The van der Waals surface area contributed by atoms with Gasteiger partial charge >= 0.3 is 36.4 Å². The number of esters is 2. The number of nitrogen functional groups attached to an aromatic ring is 1. The predicted molar refractivity (Wildman–Crippen MR) is 286 cm³/mol. The average Bonchev–Trinajstić information content (AvgIpc) is 3.53. The third-order valence-electron chi connectivity index (χ3n) is 14.0. The second-order valence-corrected chi connectivity index (χ2v) is 19.3. The number of ether oxygens (including phenoxy) is 2. The van der Waals surface area contributed by atoms with Crippen molar-refractivity contribution in [3.05, 3.63) is 147 Å². The van der Waals surface area contributed by atoms with Crippen molar-refractivity contribution in [2.24, 2.45) is 0 Å². The van der Waals surface area contributed by atoms with Gasteiger partial charge in [0.15, 0.2) is 0 Å². The third-order valence-corrected chi connectivity index (χ3v) is 14.0. The van der Waals surface area contributed by atoms with Crippen molar-refractivity contribution >= 4 is 52.9 Å². The predicted octanol–water partition coefficient (Wildman–Crippen LogP) is 8.15. The Labute approximate surface area is 464 Å². The van der Waals surface area contributed by atoms with Crippen molar-refractivity contribution < 1.29 is 64.6 Å². The highest BCUT2D eigenvalue weighted by atomic mass is 19.4. The number of nitrogens with zero attached hydrogens (tertiary/aromatic N) is 7. The van der Waals surface area contributed by atoms with Gasteiger partial charge in [-0.05, 0) is 125 Å². The van der Waals surface area contributed by atoms with E-state index in [4.69, 9.17) is 15.2 Å². The molecule has 4 N–H and O–H groups in total. The van der Waals surface area contributed by atoms with Gasteiger partial charge in [0.1, 0.15) is 13.1 Å². The van der Waals surface area contributed by atoms with Crippen molar-refractivity contribution in [3.8, 4) is 6.07 Å². The molecule has 7 rings (SSSR count). The highest BCUT2D eigenvalue weighted by Gasteiger charge is 2.46. The normalized spacial score (nSPS) is 17.5. The van der Waals surface area contributed by atoms with Crippen LogP contribution in [0.4, 0.5) is 53.0 Å². The maximum Gasteiger partial charge on any atom is 0.416 e. The van der Waals surface area contributed by atoms with Crippen molar-refractivity contribution in [2.75, 3.05) is 94.2 Å². The molecule has 3 heterocycles. The Morgan fingerprint density at radius 3 is 1.36 bits per heavy atom. The number of nitriles is 1. The van der Waals surface area contributed by atoms with E-state index in [0.29, 0.717) is 68.9 Å². The first-order valence-electron chi connectivity index (χ1n) is 26.2. The molecule has 0 aromatic heterocycles. The van der Waals surface area contributed by atoms with Crippen molar-refractivity contribution in [3.63, 3.8) is 0 Å². The number of hydrogen-bond acceptors (Lipinski definition) is 12. The second-order valence-electron chi connectivity index (χ2n) is 19.3. The van der Waals surface area contributed by atoms with Crippen LogP contribution in [0.2, 0.25) is 0 Å². The van der Waals surface area contributed by atoms with Gasteiger partial charge in [0, 0.05) is 56.4 Å². The molecular weight excluding hydrogens is 1070 g/mol. The maximum atomic E-state index is 14.5. The molecule has 24 heteroatoms. The van der Waals surface area contributed by atoms with Crippen LogP contribution in [0.1, 0.15) is 80.4 Å². The zero-order valence-electron chi connectivity index (χ0n) is 45.0. The number of nitrogens with one attached hydrogen (secondary N) is 2. The molecule has 4 aromatic carbocycles. The van der Waals surface area contributed by atoms with Gasteiger partial charge in [-0.2, -0.15) is 31.6 Å². The molecule has 18 nitrogen and oxygen atoms in total. The summed E-state index contributed by atoms with van der Waals surface area (Å²) in [6.07, 6.45) is -8.45. The highest BCUT2D eigenvalue weighted by Crippen LogP contribution is 2.43. The number of urea groups is 2. The maximum absolute atomic E-state index is 14.5. The molecule has 81 heavy (non-hydrogen) atoms. The lowest BCUT2D eigenvalue weighted by Crippen LogP contribution is -2.54. The fourth-order valence-electron chi connectivity index (χ4n) is 10.0. The lowest BCUT2D eigenvalue weighted by Gasteiger charge is -2.42. The lowest BCUT2D eigenvalue weighted by atomic mass is 9.92. The number of piperazine rings is 1. The first kappa shape index (κ1) is 60.2. The monoisotopic (exact) mass is 1130 g/mol. The van der Waals surface area contributed by atoms with E-state index in [1.54, 1.807) is 38.1 Å². The molecule has 1 saturated heterocycles. The van der Waals surface area contributed by atoms with Crippen LogP contribution in [0.5, 0.6) is 0 Å². The number of alkyl halides is 6. The number of rotatable bonds is 20. The summed E-state index contributed by atoms with van der Waals surface area (Å²) in [6.45, 7) is 9.10. The van der Waals surface area contributed by atoms with Crippen LogP contribution in [-0.2, 0) is 41.0 Å². The van der Waals surface area contributed by atoms with Gasteiger partial charge < -0.3 is 45.4 Å². The van der Waals surface area contributed by atoms with Gasteiger partial charge in [0.25, 0.3) is 0 Å². The van der Waals surface area contributed by atoms with E-state index in [0.717, 1.165) is 56.0 Å². The molecule has 0 aliphatic carbocycles. The summed E-state index contributed by atoms with van der Waals surface area (Å²) in [6, 6.07) is 18.4. The number of allylic oxidation sites excluding steroid dienone is 2. The number of anilines is 3. The number of carbonyl (C=O) groups excluding carboxylic acids is 6. The minimum atomic E-state index is -4.75. The van der Waals surface area contributed by atoms with Crippen molar-refractivity contribution in [1.29, 1.82) is 5.26 Å². The summed E-state index contributed by atoms with van der Waals surface area (Å²) in [7, 11) is 0. The summed E-state index contributed by atoms with van der Waals surface area (Å²) in [5.41, 5.74) is 4.88. The van der Waals surface area contributed by atoms with Crippen molar-refractivity contribution in [1.82, 2.24) is 30.2 Å². The van der Waals surface area contributed by atoms with Gasteiger partial charge in [-0.3, -0.25) is 19.4 Å². The molecule has 3 aliphatic rings. The first-order chi connectivity index (χ1) is 38.6. The van der Waals surface area contributed by atoms with Crippen LogP contribution >= 0.6 is 0 Å². The molecule has 2 atom stereocenters. The van der Waals surface area contributed by atoms with Crippen LogP contribution in [0.3, 0.4) is 0 Å². The number of benzene rings is 4. The molecule has 0 radical (unpaired) electrons. The molecule has 2 unspecified atom stereocenters. The molecule has 4 aromatic rings. The van der Waals surface area contributed by atoms with E-state index in [1.807, 2.05) is 6.07 Å². The summed E-state index contributed by atoms with van der Waals surface area (Å²) in [5.74, 6) is -2.85. The summed E-state index contributed by atoms with van der Waals surface area (Å²) >= 11 is 0. The van der Waals surface area contributed by atoms with Crippen molar-refractivity contribution in [2.45, 2.75) is 65.0 Å². The number of hydrogen-bond donors (Lipinski definition) is 3. The molecule has 6 amide bonds. The van der Waals surface area contributed by atoms with E-state index < -0.39 is 84.5 Å². The summed E-state index contributed by atoms with van der Waals surface area (Å²) in [4.78, 5) is 92.4. The molecule has 430 valence electrons. The van der Waals surface area contributed by atoms with Crippen LogP contribution in [-0.4, -0.2) is 134 Å². The standard InChI is InChI=1S/C57H62F6N10O8/c1-5-80-52(76)48-36(3)72(44-13-7-11-41(31-44)56(58,59)60)54(78)70(50(48)39-17-15-38(33-64)16-18-39)34-46(74)66-23-9-25-68-27-29-69(30-28-68)26-10-24-67-47(75)35-71-51(40-19-21-43(65)22-20-40)49(53(77)81-6-2)37(4)73(55(71)79)45-14-8-12-42(32-45)57(61,62)63/h7-8,11-22,31-32,50-51H,5-6,9-10,23-30,34-35,65H2,1-4H3,(H,66,74)(H,67,75). The Morgan fingerprint density at radius 2 is 1.00 bits per heavy atom.